The smallest absolute Gasteiger partial charge is 0.329 e. The number of nitrogens with zero attached hydrogens (tertiary/aromatic N) is 1. The summed E-state index contributed by atoms with van der Waals surface area (Å²) in [5.74, 6) is -3.54. The zero-order valence-corrected chi connectivity index (χ0v) is 30.9. The summed E-state index contributed by atoms with van der Waals surface area (Å²) in [6.45, 7) is 5.38. The molecule has 53 heavy (non-hydrogen) atoms. The number of aliphatic carboxylic acids is 1. The van der Waals surface area contributed by atoms with Crippen LogP contribution in [0.3, 0.4) is 0 Å². The fourth-order valence-corrected chi connectivity index (χ4v) is 8.30. The summed E-state index contributed by atoms with van der Waals surface area (Å²) >= 11 is 0. The lowest BCUT2D eigenvalue weighted by atomic mass is 9.83. The van der Waals surface area contributed by atoms with Crippen LogP contribution >= 0.6 is 0 Å². The maximum atomic E-state index is 14.5. The van der Waals surface area contributed by atoms with Crippen molar-refractivity contribution in [3.05, 3.63) is 83.9 Å². The molecule has 282 valence electrons. The van der Waals surface area contributed by atoms with Crippen LogP contribution in [-0.4, -0.2) is 75.9 Å². The summed E-state index contributed by atoms with van der Waals surface area (Å²) < 4.78 is 6.41. The predicted molar refractivity (Wildman–Crippen MR) is 200 cm³/mol. The first kappa shape index (κ1) is 38.0. The molecule has 1 aliphatic heterocycles. The molecule has 3 aromatic carbocycles. The first-order valence-electron chi connectivity index (χ1n) is 19.0. The molecular weight excluding hydrogens is 672 g/mol. The van der Waals surface area contributed by atoms with E-state index in [0.717, 1.165) is 54.0 Å². The van der Waals surface area contributed by atoms with Crippen molar-refractivity contribution in [1.82, 2.24) is 20.9 Å². The van der Waals surface area contributed by atoms with Crippen LogP contribution in [0.2, 0.25) is 0 Å². The molecule has 0 bridgehead atoms. The quantitative estimate of drug-likeness (QED) is 0.187. The lowest BCUT2D eigenvalue weighted by Gasteiger charge is -2.34. The zero-order valence-electron chi connectivity index (χ0n) is 30.9. The van der Waals surface area contributed by atoms with Gasteiger partial charge in [0.2, 0.25) is 23.6 Å². The molecule has 0 radical (unpaired) electrons. The Bertz CT molecular complexity index is 1800. The highest BCUT2D eigenvalue weighted by Gasteiger charge is 2.62. The number of carboxylic acid groups (broad SMARTS) is 1. The van der Waals surface area contributed by atoms with Gasteiger partial charge in [-0.05, 0) is 65.3 Å². The summed E-state index contributed by atoms with van der Waals surface area (Å²) in [4.78, 5) is 68.9. The average molecular weight is 725 g/mol. The van der Waals surface area contributed by atoms with E-state index in [-0.39, 0.29) is 49.7 Å². The van der Waals surface area contributed by atoms with Crippen molar-refractivity contribution in [2.24, 2.45) is 17.8 Å². The first-order chi connectivity index (χ1) is 25.5. The summed E-state index contributed by atoms with van der Waals surface area (Å²) in [5.41, 5.74) is 0.510. The molecule has 0 unspecified atom stereocenters. The highest BCUT2D eigenvalue weighted by Crippen LogP contribution is 2.46. The van der Waals surface area contributed by atoms with E-state index in [9.17, 15) is 29.1 Å². The van der Waals surface area contributed by atoms with Crippen molar-refractivity contribution in [3.8, 4) is 0 Å². The van der Waals surface area contributed by atoms with Crippen LogP contribution in [0.15, 0.2) is 72.8 Å². The maximum Gasteiger partial charge on any atom is 0.329 e. The van der Waals surface area contributed by atoms with E-state index in [2.05, 4.69) is 16.0 Å². The molecule has 3 aliphatic rings. The molecule has 6 atom stereocenters. The molecule has 11 heteroatoms. The molecule has 0 aromatic heterocycles. The minimum absolute atomic E-state index is 0.0395. The van der Waals surface area contributed by atoms with Gasteiger partial charge in [0.15, 0.2) is 0 Å². The summed E-state index contributed by atoms with van der Waals surface area (Å²) in [7, 11) is 0. The number of likely N-dealkylation sites (tertiary alicyclic amines) is 1. The minimum atomic E-state index is -1.44. The number of carbonyl (C=O) groups is 5. The number of rotatable bonds is 14. The Morgan fingerprint density at radius 3 is 2.30 bits per heavy atom. The van der Waals surface area contributed by atoms with Gasteiger partial charge < -0.3 is 30.7 Å². The molecule has 4 N–H and O–H groups in total. The van der Waals surface area contributed by atoms with Crippen LogP contribution in [0.25, 0.3) is 10.8 Å². The van der Waals surface area contributed by atoms with Crippen LogP contribution in [0.5, 0.6) is 0 Å². The zero-order chi connectivity index (χ0) is 37.7. The molecule has 6 rings (SSSR count). The monoisotopic (exact) mass is 724 g/mol. The molecule has 4 amide bonds. The fraction of sp³-hybridized carbons (Fsp3) is 0.500. The molecule has 0 spiro atoms. The van der Waals surface area contributed by atoms with Crippen LogP contribution in [0, 0.1) is 17.8 Å². The third-order valence-electron chi connectivity index (χ3n) is 11.4. The molecule has 1 saturated heterocycles. The van der Waals surface area contributed by atoms with E-state index in [1.54, 1.807) is 0 Å². The van der Waals surface area contributed by atoms with Gasteiger partial charge in [-0.3, -0.25) is 19.2 Å². The maximum absolute atomic E-state index is 14.5. The van der Waals surface area contributed by atoms with Crippen LogP contribution in [-0.2, 0) is 41.7 Å². The standard InChI is InChI=1S/C42H52N4O7/c1-26(2)36(44-39(49)37(43-27(3)47)30-16-8-5-9-17-30)40(50)46-24-33(53-25-31-19-12-18-29-15-10-11-20-34(29)31)22-35(46)38(48)45-42(41(51)52)23-32(42)21-28-13-6-4-7-14-28/h4,6-7,10-15,18-20,26,30,32-33,35-37H,5,8-9,16-17,21-25H2,1-3H3,(H,43,47)(H,44,49)(H,45,48)(H,51,52)/t32-,33+,35-,36-,37-,42+/m0/s1. The van der Waals surface area contributed by atoms with Gasteiger partial charge in [0.05, 0.1) is 12.7 Å². The van der Waals surface area contributed by atoms with Crippen molar-refractivity contribution >= 4 is 40.4 Å². The van der Waals surface area contributed by atoms with Crippen molar-refractivity contribution in [2.45, 2.75) is 109 Å². The fourth-order valence-electron chi connectivity index (χ4n) is 8.30. The second kappa shape index (κ2) is 16.5. The second-order valence-corrected chi connectivity index (χ2v) is 15.5. The Balaban J connectivity index is 1.22. The lowest BCUT2D eigenvalue weighted by molar-refractivity contribution is -0.146. The minimum Gasteiger partial charge on any atom is -0.479 e. The van der Waals surface area contributed by atoms with Gasteiger partial charge in [-0.1, -0.05) is 106 Å². The highest BCUT2D eigenvalue weighted by atomic mass is 16.5. The SMILES string of the molecule is CC(=O)N[C@H](C(=O)N[C@H](C(=O)N1C[C@H](OCc2cccc3ccccc23)C[C@H]1C(=O)N[C@]1(C(=O)O)C[C@@H]1Cc1ccccc1)C(C)C)C1CCCCC1. The largest absolute Gasteiger partial charge is 0.479 e. The Morgan fingerprint density at radius 1 is 0.906 bits per heavy atom. The highest BCUT2D eigenvalue weighted by molar-refractivity contribution is 5.97. The molecular formula is C42H52N4O7. The summed E-state index contributed by atoms with van der Waals surface area (Å²) in [6, 6.07) is 20.8. The third-order valence-corrected chi connectivity index (χ3v) is 11.4. The number of hydrogen-bond acceptors (Lipinski definition) is 6. The van der Waals surface area contributed by atoms with Gasteiger partial charge in [-0.25, -0.2) is 4.79 Å². The number of ether oxygens (including phenoxy) is 1. The van der Waals surface area contributed by atoms with Gasteiger partial charge >= 0.3 is 5.97 Å². The Labute approximate surface area is 311 Å². The normalized spacial score (nSPS) is 24.0. The number of carbonyl (C=O) groups excluding carboxylic acids is 4. The summed E-state index contributed by atoms with van der Waals surface area (Å²) in [5, 5.41) is 21.1. The molecule has 2 aliphatic carbocycles. The van der Waals surface area contributed by atoms with Crippen LogP contribution < -0.4 is 16.0 Å². The van der Waals surface area contributed by atoms with Gasteiger partial charge in [0, 0.05) is 19.9 Å². The van der Waals surface area contributed by atoms with Crippen LogP contribution in [0.1, 0.15) is 76.8 Å². The first-order valence-corrected chi connectivity index (χ1v) is 19.0. The van der Waals surface area contributed by atoms with Crippen molar-refractivity contribution in [3.63, 3.8) is 0 Å². The molecule has 3 aromatic rings. The second-order valence-electron chi connectivity index (χ2n) is 15.5. The Hall–Kier alpha value is -4.77. The lowest BCUT2D eigenvalue weighted by Crippen LogP contribution is -2.60. The van der Waals surface area contributed by atoms with Gasteiger partial charge in [0.25, 0.3) is 0 Å². The van der Waals surface area contributed by atoms with Crippen molar-refractivity contribution < 1.29 is 33.8 Å². The molecule has 1 heterocycles. The predicted octanol–water partition coefficient (Wildman–Crippen LogP) is 4.75. The van der Waals surface area contributed by atoms with E-state index in [4.69, 9.17) is 4.74 Å². The van der Waals surface area contributed by atoms with Gasteiger partial charge in [-0.2, -0.15) is 0 Å². The number of benzene rings is 3. The van der Waals surface area contributed by atoms with E-state index >= 15 is 0 Å². The van der Waals surface area contributed by atoms with Gasteiger partial charge in [-0.15, -0.1) is 0 Å². The van der Waals surface area contributed by atoms with Crippen molar-refractivity contribution in [1.29, 1.82) is 0 Å². The Kier molecular flexibility index (Phi) is 11.8. The number of fused-ring (bicyclic) bond motifs is 1. The topological polar surface area (TPSA) is 154 Å². The molecule has 2 saturated carbocycles. The molecule has 11 nitrogen and oxygen atoms in total. The Morgan fingerprint density at radius 2 is 1.60 bits per heavy atom. The van der Waals surface area contributed by atoms with E-state index < -0.39 is 53.5 Å². The van der Waals surface area contributed by atoms with Crippen molar-refractivity contribution in [2.75, 3.05) is 6.54 Å². The van der Waals surface area contributed by atoms with E-state index in [1.165, 1.54) is 11.8 Å². The number of hydrogen-bond donors (Lipinski definition) is 4. The number of carboxylic acids is 1. The number of amides is 4. The molecule has 3 fully saturated rings. The van der Waals surface area contributed by atoms with Gasteiger partial charge in [0.1, 0.15) is 23.7 Å². The van der Waals surface area contributed by atoms with E-state index in [0.29, 0.717) is 6.42 Å². The average Bonchev–Trinajstić information content (AvgIpc) is 3.66. The third kappa shape index (κ3) is 8.73. The van der Waals surface area contributed by atoms with E-state index in [1.807, 2.05) is 86.6 Å². The summed E-state index contributed by atoms with van der Waals surface area (Å²) in [6.07, 6.45) is 5.04. The number of nitrogens with one attached hydrogen (secondary N) is 3. The van der Waals surface area contributed by atoms with Crippen LogP contribution in [0.4, 0.5) is 0 Å².